The number of hydrogen-bond donors (Lipinski definition) is 1. The Morgan fingerprint density at radius 3 is 2.72 bits per heavy atom. The van der Waals surface area contributed by atoms with E-state index in [0.717, 1.165) is 17.9 Å². The third-order valence-corrected chi connectivity index (χ3v) is 5.17. The van der Waals surface area contributed by atoms with Crippen LogP contribution in [0.25, 0.3) is 0 Å². The van der Waals surface area contributed by atoms with Crippen molar-refractivity contribution in [1.29, 1.82) is 0 Å². The van der Waals surface area contributed by atoms with Gasteiger partial charge in [-0.1, -0.05) is 20.8 Å². The molecule has 1 aromatic heterocycles. The summed E-state index contributed by atoms with van der Waals surface area (Å²) in [6.45, 7) is 5.78. The zero-order valence-electron chi connectivity index (χ0n) is 10.8. The number of sulfonamides is 1. The summed E-state index contributed by atoms with van der Waals surface area (Å²) in [6.07, 6.45) is 2.15. The summed E-state index contributed by atoms with van der Waals surface area (Å²) in [4.78, 5) is 4.04. The third kappa shape index (κ3) is 3.07. The summed E-state index contributed by atoms with van der Waals surface area (Å²) >= 11 is 1.75. The molecular weight excluding hydrogens is 272 g/mol. The van der Waals surface area contributed by atoms with E-state index in [1.54, 1.807) is 11.8 Å². The first-order chi connectivity index (χ1) is 8.29. The summed E-state index contributed by atoms with van der Waals surface area (Å²) in [7, 11) is -3.58. The molecule has 1 fully saturated rings. The summed E-state index contributed by atoms with van der Waals surface area (Å²) in [6, 6.07) is 0.00295. The molecule has 0 saturated carbocycles. The molecule has 102 valence electrons. The monoisotopic (exact) mass is 290 g/mol. The van der Waals surface area contributed by atoms with E-state index in [0.29, 0.717) is 5.89 Å². The Balaban J connectivity index is 2.17. The molecule has 1 N–H and O–H groups in total. The Hall–Kier alpha value is -0.530. The fourth-order valence-electron chi connectivity index (χ4n) is 1.64. The first-order valence-electron chi connectivity index (χ1n) is 5.85. The molecule has 1 aliphatic rings. The SMILES string of the molecule is CC(C)(C)c1ncc(S(=O)(=O)NC2CCSC2)o1. The standard InChI is InChI=1S/C11H18N2O3S2/c1-11(2,3)10-12-6-9(16-10)18(14,15)13-8-4-5-17-7-8/h6,8,13H,4-5,7H2,1-3H3. The first kappa shape index (κ1) is 13.9. The smallest absolute Gasteiger partial charge is 0.275 e. The lowest BCUT2D eigenvalue weighted by atomic mass is 9.97. The summed E-state index contributed by atoms with van der Waals surface area (Å²) in [5, 5.41) is -0.0932. The molecule has 0 bridgehead atoms. The minimum Gasteiger partial charge on any atom is -0.427 e. The molecule has 0 spiro atoms. The van der Waals surface area contributed by atoms with E-state index in [1.807, 2.05) is 20.8 Å². The lowest BCUT2D eigenvalue weighted by Gasteiger charge is -2.13. The van der Waals surface area contributed by atoms with Gasteiger partial charge in [0.2, 0.25) is 5.89 Å². The van der Waals surface area contributed by atoms with Crippen LogP contribution in [-0.4, -0.2) is 30.9 Å². The van der Waals surface area contributed by atoms with E-state index in [4.69, 9.17) is 4.42 Å². The van der Waals surface area contributed by atoms with Crippen molar-refractivity contribution in [2.75, 3.05) is 11.5 Å². The summed E-state index contributed by atoms with van der Waals surface area (Å²) < 4.78 is 32.2. The molecule has 1 saturated heterocycles. The molecular formula is C11H18N2O3S2. The molecule has 1 aliphatic heterocycles. The highest BCUT2D eigenvalue weighted by atomic mass is 32.2. The van der Waals surface area contributed by atoms with Gasteiger partial charge in [0.1, 0.15) is 0 Å². The minimum atomic E-state index is -3.58. The van der Waals surface area contributed by atoms with Crippen LogP contribution in [0.15, 0.2) is 15.7 Å². The highest BCUT2D eigenvalue weighted by Crippen LogP contribution is 2.24. The van der Waals surface area contributed by atoms with Gasteiger partial charge in [-0.05, 0) is 12.2 Å². The maximum atomic E-state index is 12.1. The van der Waals surface area contributed by atoms with Crippen molar-refractivity contribution in [1.82, 2.24) is 9.71 Å². The molecule has 1 atom stereocenters. The van der Waals surface area contributed by atoms with Gasteiger partial charge in [0.15, 0.2) is 0 Å². The predicted octanol–water partition coefficient (Wildman–Crippen LogP) is 1.76. The van der Waals surface area contributed by atoms with Gasteiger partial charge in [-0.25, -0.2) is 18.1 Å². The van der Waals surface area contributed by atoms with Crippen LogP contribution in [0.2, 0.25) is 0 Å². The second-order valence-corrected chi connectivity index (χ2v) is 8.21. The van der Waals surface area contributed by atoms with Gasteiger partial charge < -0.3 is 4.42 Å². The second kappa shape index (κ2) is 4.86. The van der Waals surface area contributed by atoms with Gasteiger partial charge in [-0.15, -0.1) is 0 Å². The Labute approximate surface area is 112 Å². The summed E-state index contributed by atoms with van der Waals surface area (Å²) in [5.74, 6) is 2.25. The number of nitrogens with zero attached hydrogens (tertiary/aromatic N) is 1. The van der Waals surface area contributed by atoms with Crippen LogP contribution in [0, 0.1) is 0 Å². The minimum absolute atomic E-state index is 0.00295. The molecule has 1 aromatic rings. The van der Waals surface area contributed by atoms with Gasteiger partial charge >= 0.3 is 0 Å². The van der Waals surface area contributed by atoms with Crippen molar-refractivity contribution in [3.05, 3.63) is 12.1 Å². The van der Waals surface area contributed by atoms with E-state index in [9.17, 15) is 8.42 Å². The van der Waals surface area contributed by atoms with Crippen molar-refractivity contribution < 1.29 is 12.8 Å². The Morgan fingerprint density at radius 1 is 1.50 bits per heavy atom. The summed E-state index contributed by atoms with van der Waals surface area (Å²) in [5.41, 5.74) is -0.295. The average Bonchev–Trinajstić information content (AvgIpc) is 2.83. The van der Waals surface area contributed by atoms with Gasteiger partial charge in [0, 0.05) is 17.2 Å². The zero-order valence-corrected chi connectivity index (χ0v) is 12.4. The van der Waals surface area contributed by atoms with Gasteiger partial charge in [-0.3, -0.25) is 0 Å². The Kier molecular flexibility index (Phi) is 3.75. The van der Waals surface area contributed by atoms with Crippen LogP contribution in [0.5, 0.6) is 0 Å². The molecule has 2 rings (SSSR count). The number of nitrogens with one attached hydrogen (secondary N) is 1. The number of hydrogen-bond acceptors (Lipinski definition) is 5. The first-order valence-corrected chi connectivity index (χ1v) is 8.49. The average molecular weight is 290 g/mol. The quantitative estimate of drug-likeness (QED) is 0.918. The van der Waals surface area contributed by atoms with Crippen molar-refractivity contribution >= 4 is 21.8 Å². The van der Waals surface area contributed by atoms with Crippen LogP contribution < -0.4 is 4.72 Å². The van der Waals surface area contributed by atoms with E-state index in [-0.39, 0.29) is 16.5 Å². The molecule has 0 radical (unpaired) electrons. The Bertz CT molecular complexity index is 511. The fraction of sp³-hybridized carbons (Fsp3) is 0.727. The lowest BCUT2D eigenvalue weighted by Crippen LogP contribution is -2.34. The molecule has 1 unspecified atom stereocenters. The zero-order chi connectivity index (χ0) is 13.4. The fourth-order valence-corrected chi connectivity index (χ4v) is 4.03. The Morgan fingerprint density at radius 2 is 2.22 bits per heavy atom. The maximum absolute atomic E-state index is 12.1. The molecule has 5 nitrogen and oxygen atoms in total. The predicted molar refractivity (Wildman–Crippen MR) is 71.3 cm³/mol. The highest BCUT2D eigenvalue weighted by Gasteiger charge is 2.28. The van der Waals surface area contributed by atoms with Crippen molar-refractivity contribution in [3.8, 4) is 0 Å². The molecule has 0 aromatic carbocycles. The van der Waals surface area contributed by atoms with Crippen LogP contribution in [0.3, 0.4) is 0 Å². The van der Waals surface area contributed by atoms with Crippen molar-refractivity contribution in [2.45, 2.75) is 43.7 Å². The van der Waals surface area contributed by atoms with Crippen LogP contribution in [0.4, 0.5) is 0 Å². The highest BCUT2D eigenvalue weighted by molar-refractivity contribution is 7.99. The van der Waals surface area contributed by atoms with Gasteiger partial charge in [-0.2, -0.15) is 11.8 Å². The molecule has 18 heavy (non-hydrogen) atoms. The van der Waals surface area contributed by atoms with Crippen molar-refractivity contribution in [3.63, 3.8) is 0 Å². The van der Waals surface area contributed by atoms with E-state index in [1.165, 1.54) is 6.20 Å². The third-order valence-electron chi connectivity index (χ3n) is 2.64. The normalized spacial score (nSPS) is 21.4. The van der Waals surface area contributed by atoms with Crippen LogP contribution in [0.1, 0.15) is 33.1 Å². The number of oxazole rings is 1. The number of rotatable bonds is 3. The van der Waals surface area contributed by atoms with Crippen LogP contribution in [-0.2, 0) is 15.4 Å². The molecule has 7 heteroatoms. The topological polar surface area (TPSA) is 72.2 Å². The van der Waals surface area contributed by atoms with E-state index >= 15 is 0 Å². The lowest BCUT2D eigenvalue weighted by molar-refractivity contribution is 0.341. The largest absolute Gasteiger partial charge is 0.427 e. The number of thioether (sulfide) groups is 1. The molecule has 2 heterocycles. The van der Waals surface area contributed by atoms with Crippen molar-refractivity contribution in [2.24, 2.45) is 0 Å². The van der Waals surface area contributed by atoms with Gasteiger partial charge in [0.25, 0.3) is 15.1 Å². The van der Waals surface area contributed by atoms with Crippen LogP contribution >= 0.6 is 11.8 Å². The number of aromatic nitrogens is 1. The second-order valence-electron chi connectivity index (χ2n) is 5.42. The molecule has 0 aliphatic carbocycles. The van der Waals surface area contributed by atoms with E-state index in [2.05, 4.69) is 9.71 Å². The molecule has 0 amide bonds. The van der Waals surface area contributed by atoms with E-state index < -0.39 is 10.0 Å². The maximum Gasteiger partial charge on any atom is 0.275 e. The van der Waals surface area contributed by atoms with Gasteiger partial charge in [0.05, 0.1) is 6.20 Å².